The first kappa shape index (κ1) is 10.5. The number of nitrogens with one attached hydrogen (secondary N) is 1. The molecule has 1 aromatic carbocycles. The van der Waals surface area contributed by atoms with Crippen molar-refractivity contribution < 1.29 is 0 Å². The molecule has 2 aromatic rings. The second-order valence-corrected chi connectivity index (χ2v) is 4.61. The lowest BCUT2D eigenvalue weighted by Crippen LogP contribution is -2.03. The standard InChI is InChI=1S/C13H12ClN3/c14-11-4-2-1-3-10(11)12-7-8-13(17-16-12)15-9-5-6-9/h1-4,7-9H,5-6H2,(H,15,17). The van der Waals surface area contributed by atoms with Gasteiger partial charge < -0.3 is 5.32 Å². The van der Waals surface area contributed by atoms with E-state index in [1.165, 1.54) is 12.8 Å². The smallest absolute Gasteiger partial charge is 0.148 e. The number of halogens is 1. The Balaban J connectivity index is 1.86. The van der Waals surface area contributed by atoms with Gasteiger partial charge in [-0.05, 0) is 31.0 Å². The molecule has 0 saturated heterocycles. The van der Waals surface area contributed by atoms with Crippen molar-refractivity contribution >= 4 is 17.4 Å². The third-order valence-electron chi connectivity index (χ3n) is 2.74. The molecular formula is C13H12ClN3. The van der Waals surface area contributed by atoms with E-state index in [1.807, 2.05) is 36.4 Å². The van der Waals surface area contributed by atoms with Crippen LogP contribution in [0.1, 0.15) is 12.8 Å². The van der Waals surface area contributed by atoms with E-state index in [2.05, 4.69) is 15.5 Å². The molecular weight excluding hydrogens is 234 g/mol. The first-order valence-corrected chi connectivity index (χ1v) is 6.06. The number of aromatic nitrogens is 2. The van der Waals surface area contributed by atoms with Gasteiger partial charge in [-0.2, -0.15) is 0 Å². The molecule has 0 atom stereocenters. The SMILES string of the molecule is Clc1ccccc1-c1ccc(NC2CC2)nn1. The van der Waals surface area contributed by atoms with Crippen LogP contribution >= 0.6 is 11.6 Å². The van der Waals surface area contributed by atoms with Gasteiger partial charge in [-0.15, -0.1) is 10.2 Å². The molecule has 0 aliphatic heterocycles. The maximum absolute atomic E-state index is 6.11. The maximum atomic E-state index is 6.11. The average molecular weight is 246 g/mol. The zero-order chi connectivity index (χ0) is 11.7. The number of anilines is 1. The summed E-state index contributed by atoms with van der Waals surface area (Å²) in [5.74, 6) is 0.836. The van der Waals surface area contributed by atoms with Gasteiger partial charge >= 0.3 is 0 Å². The highest BCUT2D eigenvalue weighted by molar-refractivity contribution is 6.33. The van der Waals surface area contributed by atoms with Crippen molar-refractivity contribution in [2.24, 2.45) is 0 Å². The van der Waals surface area contributed by atoms with Crippen molar-refractivity contribution in [2.45, 2.75) is 18.9 Å². The molecule has 0 bridgehead atoms. The van der Waals surface area contributed by atoms with Gasteiger partial charge in [0.1, 0.15) is 5.82 Å². The quantitative estimate of drug-likeness (QED) is 0.901. The van der Waals surface area contributed by atoms with Crippen molar-refractivity contribution in [3.63, 3.8) is 0 Å². The zero-order valence-corrected chi connectivity index (χ0v) is 9.98. The molecule has 3 nitrogen and oxygen atoms in total. The molecule has 17 heavy (non-hydrogen) atoms. The van der Waals surface area contributed by atoms with Crippen molar-refractivity contribution in [3.8, 4) is 11.3 Å². The molecule has 1 saturated carbocycles. The van der Waals surface area contributed by atoms with Crippen LogP contribution in [0.5, 0.6) is 0 Å². The Bertz CT molecular complexity index is 520. The van der Waals surface area contributed by atoms with Gasteiger partial charge in [0, 0.05) is 11.6 Å². The van der Waals surface area contributed by atoms with E-state index in [0.717, 1.165) is 17.1 Å². The lowest BCUT2D eigenvalue weighted by atomic mass is 10.1. The van der Waals surface area contributed by atoms with E-state index in [1.54, 1.807) is 0 Å². The predicted molar refractivity (Wildman–Crippen MR) is 69.1 cm³/mol. The van der Waals surface area contributed by atoms with Crippen LogP contribution in [-0.4, -0.2) is 16.2 Å². The molecule has 1 heterocycles. The average Bonchev–Trinajstić information content (AvgIpc) is 3.15. The van der Waals surface area contributed by atoms with Crippen LogP contribution in [-0.2, 0) is 0 Å². The Morgan fingerprint density at radius 3 is 2.53 bits per heavy atom. The summed E-state index contributed by atoms with van der Waals surface area (Å²) in [5, 5.41) is 12.4. The molecule has 4 heteroatoms. The molecule has 3 rings (SSSR count). The van der Waals surface area contributed by atoms with Gasteiger partial charge in [-0.25, -0.2) is 0 Å². The molecule has 0 radical (unpaired) electrons. The maximum Gasteiger partial charge on any atom is 0.148 e. The van der Waals surface area contributed by atoms with E-state index in [-0.39, 0.29) is 0 Å². The molecule has 0 spiro atoms. The molecule has 1 aromatic heterocycles. The fourth-order valence-electron chi connectivity index (χ4n) is 1.66. The highest BCUT2D eigenvalue weighted by Gasteiger charge is 2.21. The second-order valence-electron chi connectivity index (χ2n) is 4.20. The summed E-state index contributed by atoms with van der Waals surface area (Å²) in [6.45, 7) is 0. The minimum absolute atomic E-state index is 0.593. The fraction of sp³-hybridized carbons (Fsp3) is 0.231. The highest BCUT2D eigenvalue weighted by atomic mass is 35.5. The van der Waals surface area contributed by atoms with Gasteiger partial charge in [-0.1, -0.05) is 29.8 Å². The molecule has 0 unspecified atom stereocenters. The molecule has 0 amide bonds. The molecule has 86 valence electrons. The third-order valence-corrected chi connectivity index (χ3v) is 3.07. The van der Waals surface area contributed by atoms with E-state index < -0.39 is 0 Å². The van der Waals surface area contributed by atoms with Gasteiger partial charge in [0.05, 0.1) is 10.7 Å². The molecule has 1 aliphatic rings. The van der Waals surface area contributed by atoms with E-state index in [9.17, 15) is 0 Å². The van der Waals surface area contributed by atoms with Gasteiger partial charge in [-0.3, -0.25) is 0 Å². The van der Waals surface area contributed by atoms with Crippen LogP contribution in [0, 0.1) is 0 Å². The van der Waals surface area contributed by atoms with E-state index in [0.29, 0.717) is 11.1 Å². The second kappa shape index (κ2) is 4.34. The summed E-state index contributed by atoms with van der Waals surface area (Å²) < 4.78 is 0. The van der Waals surface area contributed by atoms with E-state index >= 15 is 0 Å². The largest absolute Gasteiger partial charge is 0.366 e. The summed E-state index contributed by atoms with van der Waals surface area (Å²) in [4.78, 5) is 0. The summed E-state index contributed by atoms with van der Waals surface area (Å²) in [5.41, 5.74) is 1.72. The van der Waals surface area contributed by atoms with Crippen molar-refractivity contribution in [2.75, 3.05) is 5.32 Å². The first-order valence-electron chi connectivity index (χ1n) is 5.68. The molecule has 1 N–H and O–H groups in total. The Labute approximate surface area is 105 Å². The lowest BCUT2D eigenvalue weighted by Gasteiger charge is -2.05. The first-order chi connectivity index (χ1) is 8.33. The van der Waals surface area contributed by atoms with Crippen LogP contribution < -0.4 is 5.32 Å². The fourth-order valence-corrected chi connectivity index (χ4v) is 1.89. The summed E-state index contributed by atoms with van der Waals surface area (Å²) in [6.07, 6.45) is 2.46. The van der Waals surface area contributed by atoms with Crippen LogP contribution in [0.4, 0.5) is 5.82 Å². The minimum Gasteiger partial charge on any atom is -0.366 e. The third kappa shape index (κ3) is 2.39. The van der Waals surface area contributed by atoms with Crippen LogP contribution in [0.15, 0.2) is 36.4 Å². The van der Waals surface area contributed by atoms with Crippen LogP contribution in [0.25, 0.3) is 11.3 Å². The number of rotatable bonds is 3. The Kier molecular flexibility index (Phi) is 2.69. The number of nitrogens with zero attached hydrogens (tertiary/aromatic N) is 2. The minimum atomic E-state index is 0.593. The topological polar surface area (TPSA) is 37.8 Å². The monoisotopic (exact) mass is 245 g/mol. The summed E-state index contributed by atoms with van der Waals surface area (Å²) in [6, 6.07) is 12.1. The predicted octanol–water partition coefficient (Wildman–Crippen LogP) is 3.37. The number of hydrogen-bond acceptors (Lipinski definition) is 3. The van der Waals surface area contributed by atoms with Gasteiger partial charge in [0.15, 0.2) is 0 Å². The summed E-state index contributed by atoms with van der Waals surface area (Å²) >= 11 is 6.11. The van der Waals surface area contributed by atoms with Crippen molar-refractivity contribution in [1.82, 2.24) is 10.2 Å². The highest BCUT2D eigenvalue weighted by Crippen LogP contribution is 2.27. The zero-order valence-electron chi connectivity index (χ0n) is 9.23. The van der Waals surface area contributed by atoms with Gasteiger partial charge in [0.2, 0.25) is 0 Å². The van der Waals surface area contributed by atoms with E-state index in [4.69, 9.17) is 11.6 Å². The number of benzene rings is 1. The number of hydrogen-bond donors (Lipinski definition) is 1. The Morgan fingerprint density at radius 2 is 1.88 bits per heavy atom. The normalized spacial score (nSPS) is 14.6. The Morgan fingerprint density at radius 1 is 1.06 bits per heavy atom. The molecule has 1 fully saturated rings. The molecule has 1 aliphatic carbocycles. The van der Waals surface area contributed by atoms with Crippen LogP contribution in [0.3, 0.4) is 0 Å². The van der Waals surface area contributed by atoms with Crippen molar-refractivity contribution in [3.05, 3.63) is 41.4 Å². The Hall–Kier alpha value is -1.61. The van der Waals surface area contributed by atoms with Crippen molar-refractivity contribution in [1.29, 1.82) is 0 Å². The lowest BCUT2D eigenvalue weighted by molar-refractivity contribution is 1.00. The summed E-state index contributed by atoms with van der Waals surface area (Å²) in [7, 11) is 0. The van der Waals surface area contributed by atoms with Crippen LogP contribution in [0.2, 0.25) is 5.02 Å². The van der Waals surface area contributed by atoms with Gasteiger partial charge in [0.25, 0.3) is 0 Å².